The normalized spacial score (nSPS) is 14.4. The fraction of sp³-hybridized carbons (Fsp3) is 0.286. The Morgan fingerprint density at radius 1 is 1.25 bits per heavy atom. The van der Waals surface area contributed by atoms with Crippen molar-refractivity contribution in [3.63, 3.8) is 0 Å². The Balaban J connectivity index is 2.39. The Hall–Kier alpha value is -2.08. The average molecular weight is 278 g/mol. The van der Waals surface area contributed by atoms with Gasteiger partial charge in [-0.3, -0.25) is 4.79 Å². The number of carbonyl (C=O) groups is 1. The molecule has 1 aromatic carbocycles. The van der Waals surface area contributed by atoms with Crippen molar-refractivity contribution < 1.29 is 18.3 Å². The van der Waals surface area contributed by atoms with Crippen LogP contribution in [-0.4, -0.2) is 23.9 Å². The molecule has 3 rings (SSSR count). The third-order valence-electron chi connectivity index (χ3n) is 3.22. The SMILES string of the molecule is CCNc1nc2c(c3cc(F)c(F)cc13)C(=O)COC2. The van der Waals surface area contributed by atoms with Crippen molar-refractivity contribution in [2.24, 2.45) is 0 Å². The van der Waals surface area contributed by atoms with Crippen molar-refractivity contribution in [3.8, 4) is 0 Å². The van der Waals surface area contributed by atoms with Crippen molar-refractivity contribution in [1.82, 2.24) is 4.98 Å². The number of ether oxygens (including phenoxy) is 1. The lowest BCUT2D eigenvalue weighted by Crippen LogP contribution is -2.21. The standard InChI is InChI=1S/C14H12F2N2O2/c1-2-17-14-8-4-10(16)9(15)3-7(8)13-11(18-14)5-20-6-12(13)19/h3-4H,2,5-6H2,1H3,(H,17,18). The monoisotopic (exact) mass is 278 g/mol. The molecule has 104 valence electrons. The van der Waals surface area contributed by atoms with Gasteiger partial charge in [0, 0.05) is 17.3 Å². The molecule has 6 heteroatoms. The highest BCUT2D eigenvalue weighted by Crippen LogP contribution is 2.31. The molecule has 0 unspecified atom stereocenters. The van der Waals surface area contributed by atoms with Gasteiger partial charge >= 0.3 is 0 Å². The van der Waals surface area contributed by atoms with Crippen molar-refractivity contribution >= 4 is 22.4 Å². The number of halogens is 2. The summed E-state index contributed by atoms with van der Waals surface area (Å²) in [6.07, 6.45) is 0. The van der Waals surface area contributed by atoms with E-state index < -0.39 is 11.6 Å². The van der Waals surface area contributed by atoms with E-state index in [-0.39, 0.29) is 19.0 Å². The molecule has 0 atom stereocenters. The molecule has 20 heavy (non-hydrogen) atoms. The lowest BCUT2D eigenvalue weighted by Gasteiger charge is -2.19. The van der Waals surface area contributed by atoms with Gasteiger partial charge < -0.3 is 10.1 Å². The first-order chi connectivity index (χ1) is 9.61. The van der Waals surface area contributed by atoms with E-state index in [0.29, 0.717) is 34.4 Å². The van der Waals surface area contributed by atoms with Gasteiger partial charge in [-0.2, -0.15) is 0 Å². The minimum absolute atomic E-state index is 0.0661. The molecular weight excluding hydrogens is 266 g/mol. The number of hydrogen-bond acceptors (Lipinski definition) is 4. The van der Waals surface area contributed by atoms with Crippen molar-refractivity contribution in [2.75, 3.05) is 18.5 Å². The first-order valence-electron chi connectivity index (χ1n) is 6.28. The zero-order valence-electron chi connectivity index (χ0n) is 10.8. The Kier molecular flexibility index (Phi) is 3.10. The number of nitrogens with one attached hydrogen (secondary N) is 1. The second kappa shape index (κ2) is 4.79. The van der Waals surface area contributed by atoms with Crippen LogP contribution < -0.4 is 5.32 Å². The van der Waals surface area contributed by atoms with E-state index in [2.05, 4.69) is 10.3 Å². The largest absolute Gasteiger partial charge is 0.370 e. The number of nitrogens with zero attached hydrogens (tertiary/aromatic N) is 1. The summed E-state index contributed by atoms with van der Waals surface area (Å²) in [6.45, 7) is 2.57. The molecule has 2 aromatic rings. The second-order valence-corrected chi connectivity index (χ2v) is 4.54. The summed E-state index contributed by atoms with van der Waals surface area (Å²) in [7, 11) is 0. The summed E-state index contributed by atoms with van der Waals surface area (Å²) in [6, 6.07) is 2.12. The van der Waals surface area contributed by atoms with Gasteiger partial charge in [-0.25, -0.2) is 13.8 Å². The summed E-state index contributed by atoms with van der Waals surface area (Å²) in [5.41, 5.74) is 0.780. The van der Waals surface area contributed by atoms with Gasteiger partial charge in [0.15, 0.2) is 17.4 Å². The Morgan fingerprint density at radius 2 is 1.95 bits per heavy atom. The van der Waals surface area contributed by atoms with E-state index in [9.17, 15) is 13.6 Å². The van der Waals surface area contributed by atoms with Gasteiger partial charge in [-0.05, 0) is 19.1 Å². The molecule has 0 saturated heterocycles. The van der Waals surface area contributed by atoms with Gasteiger partial charge in [-0.15, -0.1) is 0 Å². The van der Waals surface area contributed by atoms with Crippen LogP contribution in [0.4, 0.5) is 14.6 Å². The van der Waals surface area contributed by atoms with Crippen LogP contribution in [0.15, 0.2) is 12.1 Å². The van der Waals surface area contributed by atoms with E-state index in [0.717, 1.165) is 12.1 Å². The summed E-state index contributed by atoms with van der Waals surface area (Å²) in [5, 5.41) is 3.77. The van der Waals surface area contributed by atoms with Gasteiger partial charge in [0.1, 0.15) is 12.4 Å². The molecule has 0 bridgehead atoms. The molecule has 0 aliphatic carbocycles. The second-order valence-electron chi connectivity index (χ2n) is 4.54. The number of ketones is 1. The zero-order chi connectivity index (χ0) is 14.3. The lowest BCUT2D eigenvalue weighted by atomic mass is 9.98. The fourth-order valence-corrected chi connectivity index (χ4v) is 2.39. The average Bonchev–Trinajstić information content (AvgIpc) is 2.41. The van der Waals surface area contributed by atoms with Gasteiger partial charge in [0.05, 0.1) is 17.9 Å². The molecule has 1 aliphatic rings. The number of anilines is 1. The Labute approximate surface area is 113 Å². The lowest BCUT2D eigenvalue weighted by molar-refractivity contribution is 0.0658. The minimum atomic E-state index is -0.979. The van der Waals surface area contributed by atoms with Gasteiger partial charge in [0.25, 0.3) is 0 Å². The third-order valence-corrected chi connectivity index (χ3v) is 3.22. The van der Waals surface area contributed by atoms with E-state index in [1.54, 1.807) is 0 Å². The van der Waals surface area contributed by atoms with Crippen LogP contribution in [-0.2, 0) is 11.3 Å². The molecule has 0 spiro atoms. The van der Waals surface area contributed by atoms with Crippen LogP contribution in [0, 0.1) is 11.6 Å². The molecule has 4 nitrogen and oxygen atoms in total. The molecule has 0 fully saturated rings. The number of pyridine rings is 1. The van der Waals surface area contributed by atoms with Crippen LogP contribution in [0.2, 0.25) is 0 Å². The highest BCUT2D eigenvalue weighted by molar-refractivity contribution is 6.12. The highest BCUT2D eigenvalue weighted by atomic mass is 19.2. The predicted octanol–water partition coefficient (Wildman–Crippen LogP) is 2.66. The molecule has 2 heterocycles. The molecule has 1 aliphatic heterocycles. The van der Waals surface area contributed by atoms with Crippen molar-refractivity contribution in [1.29, 1.82) is 0 Å². The Bertz CT molecular complexity index is 716. The summed E-state index contributed by atoms with van der Waals surface area (Å²) in [5.74, 6) is -1.78. The van der Waals surface area contributed by atoms with Crippen LogP contribution >= 0.6 is 0 Å². The number of carbonyl (C=O) groups excluding carboxylic acids is 1. The number of hydrogen-bond donors (Lipinski definition) is 1. The maximum atomic E-state index is 13.5. The van der Waals surface area contributed by atoms with Crippen LogP contribution in [0.5, 0.6) is 0 Å². The Morgan fingerprint density at radius 3 is 2.65 bits per heavy atom. The number of aromatic nitrogens is 1. The summed E-state index contributed by atoms with van der Waals surface area (Å²) >= 11 is 0. The fourth-order valence-electron chi connectivity index (χ4n) is 2.39. The quantitative estimate of drug-likeness (QED) is 0.917. The molecule has 1 N–H and O–H groups in total. The van der Waals surface area contributed by atoms with E-state index >= 15 is 0 Å². The van der Waals surface area contributed by atoms with Crippen LogP contribution in [0.3, 0.4) is 0 Å². The van der Waals surface area contributed by atoms with Crippen molar-refractivity contribution in [2.45, 2.75) is 13.5 Å². The maximum absolute atomic E-state index is 13.5. The third kappa shape index (κ3) is 1.92. The topological polar surface area (TPSA) is 51.2 Å². The van der Waals surface area contributed by atoms with E-state index in [4.69, 9.17) is 4.74 Å². The molecule has 0 saturated carbocycles. The first-order valence-corrected chi connectivity index (χ1v) is 6.28. The first kappa shape index (κ1) is 12.9. The van der Waals surface area contributed by atoms with Crippen LogP contribution in [0.1, 0.15) is 23.0 Å². The molecular formula is C14H12F2N2O2. The van der Waals surface area contributed by atoms with Crippen molar-refractivity contribution in [3.05, 3.63) is 35.0 Å². The summed E-state index contributed by atoms with van der Waals surface area (Å²) in [4.78, 5) is 16.3. The van der Waals surface area contributed by atoms with Gasteiger partial charge in [-0.1, -0.05) is 0 Å². The number of benzene rings is 1. The van der Waals surface area contributed by atoms with Gasteiger partial charge in [0.2, 0.25) is 0 Å². The van der Waals surface area contributed by atoms with E-state index in [1.807, 2.05) is 6.92 Å². The highest BCUT2D eigenvalue weighted by Gasteiger charge is 2.24. The van der Waals surface area contributed by atoms with E-state index in [1.165, 1.54) is 0 Å². The molecule has 0 radical (unpaired) electrons. The molecule has 0 amide bonds. The predicted molar refractivity (Wildman–Crippen MR) is 69.8 cm³/mol. The number of rotatable bonds is 2. The zero-order valence-corrected chi connectivity index (χ0v) is 10.8. The number of Topliss-reactive ketones (excluding diaryl/α,β-unsaturated/α-hetero) is 1. The summed E-state index contributed by atoms with van der Waals surface area (Å²) < 4.78 is 32.1. The van der Waals surface area contributed by atoms with Crippen LogP contribution in [0.25, 0.3) is 10.8 Å². The maximum Gasteiger partial charge on any atom is 0.191 e. The number of fused-ring (bicyclic) bond motifs is 3. The molecule has 1 aromatic heterocycles. The minimum Gasteiger partial charge on any atom is -0.370 e. The smallest absolute Gasteiger partial charge is 0.191 e.